The second-order valence-corrected chi connectivity index (χ2v) is 14.9. The van der Waals surface area contributed by atoms with Gasteiger partial charge in [-0.1, -0.05) is 55.5 Å². The second kappa shape index (κ2) is 13.5. The van der Waals surface area contributed by atoms with E-state index in [1.807, 2.05) is 89.2 Å². The molecule has 0 atom stereocenters. The molecule has 0 bridgehead atoms. The monoisotopic (exact) mass is 677 g/mol. The van der Waals surface area contributed by atoms with Gasteiger partial charge < -0.3 is 14.1 Å². The van der Waals surface area contributed by atoms with Gasteiger partial charge in [0.15, 0.2) is 12.3 Å². The zero-order valence-electron chi connectivity index (χ0n) is 26.0. The molecule has 12 heteroatoms. The molecule has 0 aliphatic carbocycles. The van der Waals surface area contributed by atoms with Crippen LogP contribution in [0.2, 0.25) is 0 Å². The van der Waals surface area contributed by atoms with Gasteiger partial charge in [-0.3, -0.25) is 9.11 Å². The van der Waals surface area contributed by atoms with Crippen LogP contribution in [0, 0.1) is 0 Å². The minimum atomic E-state index is -4.05. The van der Waals surface area contributed by atoms with Crippen molar-refractivity contribution in [3.8, 4) is 5.75 Å². The molecule has 4 aromatic carbocycles. The van der Waals surface area contributed by atoms with Gasteiger partial charge in [0.25, 0.3) is 25.8 Å². The standard InChI is InChI=1S/C35H36N2O8S2/c1-2-25(19-34-36(15-7-9-17-46(38,39)40)30-21-26-11-3-5-13-28(26)23-32(30)44-34)20-35-37(16-8-10-18-47(41,42)43)31-22-27-12-4-6-14-29(27)24-33(31)45-35/h3-6,11-14,19-24H,2,7-10,15-18H2,1H3,(H-,38,39,40,41,42,43)/p+1. The molecule has 0 fully saturated rings. The quantitative estimate of drug-likeness (QED) is 0.0775. The number of unbranched alkanes of at least 4 members (excludes halogenated alkanes) is 2. The number of rotatable bonds is 13. The highest BCUT2D eigenvalue weighted by Crippen LogP contribution is 2.42. The van der Waals surface area contributed by atoms with Crippen molar-refractivity contribution in [2.75, 3.05) is 23.0 Å². The number of benzene rings is 4. The van der Waals surface area contributed by atoms with E-state index >= 15 is 0 Å². The lowest BCUT2D eigenvalue weighted by Crippen LogP contribution is -2.35. The fraction of sp³-hybridized carbons (Fsp3) is 0.286. The van der Waals surface area contributed by atoms with Gasteiger partial charge in [0.2, 0.25) is 11.5 Å². The van der Waals surface area contributed by atoms with Crippen molar-refractivity contribution in [2.24, 2.45) is 0 Å². The second-order valence-electron chi connectivity index (χ2n) is 11.7. The number of nitrogens with zero attached hydrogens (tertiary/aromatic N) is 2. The van der Waals surface area contributed by atoms with Gasteiger partial charge >= 0.3 is 5.89 Å². The van der Waals surface area contributed by atoms with Crippen molar-refractivity contribution in [2.45, 2.75) is 45.6 Å². The maximum absolute atomic E-state index is 11.3. The first-order chi connectivity index (χ1) is 22.5. The molecule has 0 radical (unpaired) electrons. The largest absolute Gasteiger partial charge is 0.439 e. The summed E-state index contributed by atoms with van der Waals surface area (Å²) in [7, 11) is -8.11. The first kappa shape index (κ1) is 32.7. The topological polar surface area (TPSA) is 138 Å². The summed E-state index contributed by atoms with van der Waals surface area (Å²) in [6, 6.07) is 24.1. The minimum Gasteiger partial charge on any atom is -0.439 e. The molecule has 1 aromatic heterocycles. The average Bonchev–Trinajstić information content (AvgIpc) is 3.53. The van der Waals surface area contributed by atoms with E-state index in [-0.39, 0.29) is 11.5 Å². The highest BCUT2D eigenvalue weighted by atomic mass is 32.2. The highest BCUT2D eigenvalue weighted by molar-refractivity contribution is 7.86. The third-order valence-corrected chi connectivity index (χ3v) is 9.90. The Kier molecular flexibility index (Phi) is 9.38. The molecule has 1 aliphatic heterocycles. The molecule has 2 heterocycles. The van der Waals surface area contributed by atoms with Crippen LogP contribution < -0.4 is 14.2 Å². The van der Waals surface area contributed by atoms with Crippen molar-refractivity contribution >= 4 is 64.6 Å². The van der Waals surface area contributed by atoms with Gasteiger partial charge in [0, 0.05) is 25.1 Å². The van der Waals surface area contributed by atoms with Crippen LogP contribution in [-0.2, 0) is 26.8 Å². The van der Waals surface area contributed by atoms with Gasteiger partial charge in [-0.2, -0.15) is 21.4 Å². The predicted molar refractivity (Wildman–Crippen MR) is 183 cm³/mol. The smallest absolute Gasteiger partial charge is 0.374 e. The van der Waals surface area contributed by atoms with Crippen LogP contribution in [0.3, 0.4) is 0 Å². The van der Waals surface area contributed by atoms with E-state index in [4.69, 9.17) is 9.15 Å². The summed E-state index contributed by atoms with van der Waals surface area (Å²) in [6.07, 6.45) is 6.18. The lowest BCUT2D eigenvalue weighted by atomic mass is 10.1. The SMILES string of the molecule is CCC(=Cc1oc2cc3ccccc3cc2[n+]1CCCCS(=O)(=O)O)C=C1Oc2cc3ccccc3cc2N1CCCCS(=O)(=O)O. The molecule has 47 heavy (non-hydrogen) atoms. The fourth-order valence-corrected chi connectivity index (χ4v) is 7.06. The Balaban J connectivity index is 1.37. The van der Waals surface area contributed by atoms with Crippen LogP contribution in [-0.4, -0.2) is 44.0 Å². The number of oxazole rings is 1. The summed E-state index contributed by atoms with van der Waals surface area (Å²) in [4.78, 5) is 2.03. The number of hydrogen-bond donors (Lipinski definition) is 2. The number of fused-ring (bicyclic) bond motifs is 4. The number of anilines is 1. The van der Waals surface area contributed by atoms with E-state index < -0.39 is 20.2 Å². The molecule has 10 nitrogen and oxygen atoms in total. The maximum Gasteiger partial charge on any atom is 0.374 e. The normalized spacial score (nSPS) is 14.8. The van der Waals surface area contributed by atoms with E-state index in [2.05, 4.69) is 12.1 Å². The lowest BCUT2D eigenvalue weighted by Gasteiger charge is -2.19. The third-order valence-electron chi connectivity index (χ3n) is 8.29. The number of allylic oxidation sites excluding steroid dienone is 2. The van der Waals surface area contributed by atoms with Crippen LogP contribution >= 0.6 is 0 Å². The number of aryl methyl sites for hydroxylation is 1. The number of aromatic nitrogens is 1. The van der Waals surface area contributed by atoms with Gasteiger partial charge in [0.05, 0.1) is 23.3 Å². The molecule has 0 spiro atoms. The fourth-order valence-electron chi connectivity index (χ4n) is 5.92. The van der Waals surface area contributed by atoms with Crippen molar-refractivity contribution in [3.63, 3.8) is 0 Å². The van der Waals surface area contributed by atoms with Crippen LogP contribution in [0.4, 0.5) is 5.69 Å². The molecule has 1 aliphatic rings. The zero-order chi connectivity index (χ0) is 33.2. The summed E-state index contributed by atoms with van der Waals surface area (Å²) in [5, 5.41) is 4.18. The number of hydrogen-bond acceptors (Lipinski definition) is 7. The van der Waals surface area contributed by atoms with E-state index in [1.54, 1.807) is 0 Å². The molecular weight excluding hydrogens is 641 g/mol. The van der Waals surface area contributed by atoms with Gasteiger partial charge in [-0.15, -0.1) is 0 Å². The van der Waals surface area contributed by atoms with Crippen LogP contribution in [0.1, 0.15) is 44.9 Å². The molecule has 2 N–H and O–H groups in total. The average molecular weight is 678 g/mol. The predicted octanol–water partition coefficient (Wildman–Crippen LogP) is 6.90. The van der Waals surface area contributed by atoms with Crippen molar-refractivity contribution < 1.29 is 39.7 Å². The van der Waals surface area contributed by atoms with Crippen LogP contribution in [0.15, 0.2) is 94.7 Å². The lowest BCUT2D eigenvalue weighted by molar-refractivity contribution is -0.678. The summed E-state index contributed by atoms with van der Waals surface area (Å²) >= 11 is 0. The van der Waals surface area contributed by atoms with Crippen LogP contribution in [0.5, 0.6) is 5.75 Å². The van der Waals surface area contributed by atoms with Crippen molar-refractivity contribution in [1.29, 1.82) is 0 Å². The minimum absolute atomic E-state index is 0.299. The zero-order valence-corrected chi connectivity index (χ0v) is 27.6. The molecule has 5 aromatic rings. The first-order valence-corrected chi connectivity index (χ1v) is 18.9. The summed E-state index contributed by atoms with van der Waals surface area (Å²) in [5.41, 5.74) is 3.36. The van der Waals surface area contributed by atoms with E-state index in [9.17, 15) is 25.9 Å². The molecule has 0 saturated heterocycles. The Morgan fingerprint density at radius 3 is 2.04 bits per heavy atom. The van der Waals surface area contributed by atoms with Crippen molar-refractivity contribution in [1.82, 2.24) is 0 Å². The third kappa shape index (κ3) is 7.84. The summed E-state index contributed by atoms with van der Waals surface area (Å²) in [5.74, 6) is 1.27. The molecule has 6 rings (SSSR count). The van der Waals surface area contributed by atoms with E-state index in [1.165, 1.54) is 0 Å². The van der Waals surface area contributed by atoms with Gasteiger partial charge in [-0.05, 0) is 71.0 Å². The van der Waals surface area contributed by atoms with Crippen molar-refractivity contribution in [3.05, 3.63) is 96.2 Å². The van der Waals surface area contributed by atoms with E-state index in [0.717, 1.165) is 38.3 Å². The molecule has 0 saturated carbocycles. The Bertz CT molecular complexity index is 2240. The molecule has 0 unspecified atom stereocenters. The Morgan fingerprint density at radius 2 is 1.40 bits per heavy atom. The summed E-state index contributed by atoms with van der Waals surface area (Å²) in [6.45, 7) is 2.99. The first-order valence-electron chi connectivity index (χ1n) is 15.6. The van der Waals surface area contributed by atoms with Gasteiger partial charge in [-0.25, -0.2) is 0 Å². The van der Waals surface area contributed by atoms with Gasteiger partial charge in [0.1, 0.15) is 0 Å². The Labute approximate surface area is 274 Å². The highest BCUT2D eigenvalue weighted by Gasteiger charge is 2.28. The maximum atomic E-state index is 11.3. The Hall–Kier alpha value is -4.23. The molecule has 0 amide bonds. The van der Waals surface area contributed by atoms with Crippen LogP contribution in [0.25, 0.3) is 38.7 Å². The van der Waals surface area contributed by atoms with E-state index in [0.29, 0.717) is 68.3 Å². The molecular formula is C35H37N2O8S2+. The summed E-state index contributed by atoms with van der Waals surface area (Å²) < 4.78 is 78.6. The molecule has 246 valence electrons. The Morgan fingerprint density at radius 1 is 0.809 bits per heavy atom. The number of ether oxygens (including phenoxy) is 1.